The molecule has 0 saturated carbocycles. The maximum absolute atomic E-state index is 13.7. The summed E-state index contributed by atoms with van der Waals surface area (Å²) in [6, 6.07) is 0.730. The maximum atomic E-state index is 13.7. The van der Waals surface area contributed by atoms with Gasteiger partial charge < -0.3 is 10.2 Å². The number of rotatable bonds is 3. The van der Waals surface area contributed by atoms with Gasteiger partial charge in [0.25, 0.3) is 0 Å². The molecule has 1 aliphatic heterocycles. The quantitative estimate of drug-likeness (QED) is 0.915. The van der Waals surface area contributed by atoms with Crippen LogP contribution in [0, 0.1) is 17.5 Å². The standard InChI is InChI=1S/C13H15F3N2O/c1-2-17-11-4-3-5-18(13(11)19)12-9(15)6-8(14)7-10(12)16/h6-7,11,17H,2-5H2,1H3. The molecule has 0 bridgehead atoms. The first kappa shape index (κ1) is 13.9. The fourth-order valence-corrected chi connectivity index (χ4v) is 2.33. The topological polar surface area (TPSA) is 32.3 Å². The predicted octanol–water partition coefficient (Wildman–Crippen LogP) is 2.21. The molecule has 1 saturated heterocycles. The van der Waals surface area contributed by atoms with Crippen molar-refractivity contribution in [3.63, 3.8) is 0 Å². The summed E-state index contributed by atoms with van der Waals surface area (Å²) in [5, 5.41) is 2.97. The van der Waals surface area contributed by atoms with Crippen LogP contribution in [-0.4, -0.2) is 25.0 Å². The zero-order valence-electron chi connectivity index (χ0n) is 10.5. The minimum Gasteiger partial charge on any atom is -0.306 e. The van der Waals surface area contributed by atoms with Crippen LogP contribution < -0.4 is 10.2 Å². The SMILES string of the molecule is CCNC1CCCN(c2c(F)cc(F)cc2F)C1=O. The molecule has 1 aromatic carbocycles. The highest BCUT2D eigenvalue weighted by molar-refractivity contribution is 5.98. The van der Waals surface area contributed by atoms with Crippen LogP contribution in [0.5, 0.6) is 0 Å². The second-order valence-corrected chi connectivity index (χ2v) is 4.46. The first-order valence-electron chi connectivity index (χ1n) is 6.24. The minimum absolute atomic E-state index is 0.236. The molecule has 0 radical (unpaired) electrons. The van der Waals surface area contributed by atoms with Crippen LogP contribution in [0.1, 0.15) is 19.8 Å². The Morgan fingerprint density at radius 3 is 2.53 bits per heavy atom. The van der Waals surface area contributed by atoms with Gasteiger partial charge in [0.05, 0.1) is 6.04 Å². The van der Waals surface area contributed by atoms with Gasteiger partial charge >= 0.3 is 0 Å². The van der Waals surface area contributed by atoms with E-state index < -0.39 is 29.2 Å². The van der Waals surface area contributed by atoms with Crippen LogP contribution in [0.4, 0.5) is 18.9 Å². The zero-order valence-corrected chi connectivity index (χ0v) is 10.5. The fourth-order valence-electron chi connectivity index (χ4n) is 2.33. The van der Waals surface area contributed by atoms with Crippen LogP contribution in [0.15, 0.2) is 12.1 Å². The van der Waals surface area contributed by atoms with E-state index >= 15 is 0 Å². The van der Waals surface area contributed by atoms with Gasteiger partial charge in [-0.15, -0.1) is 0 Å². The van der Waals surface area contributed by atoms with Gasteiger partial charge in [-0.25, -0.2) is 13.2 Å². The Balaban J connectivity index is 2.33. The third kappa shape index (κ3) is 2.73. The van der Waals surface area contributed by atoms with Crippen LogP contribution in [0.3, 0.4) is 0 Å². The average molecular weight is 272 g/mol. The second-order valence-electron chi connectivity index (χ2n) is 4.46. The van der Waals surface area contributed by atoms with E-state index in [9.17, 15) is 18.0 Å². The van der Waals surface area contributed by atoms with Crippen molar-refractivity contribution in [3.8, 4) is 0 Å². The lowest BCUT2D eigenvalue weighted by Gasteiger charge is -2.32. The van der Waals surface area contributed by atoms with E-state index in [0.29, 0.717) is 31.5 Å². The molecule has 1 atom stereocenters. The molecule has 19 heavy (non-hydrogen) atoms. The van der Waals surface area contributed by atoms with Crippen molar-refractivity contribution in [3.05, 3.63) is 29.6 Å². The van der Waals surface area contributed by atoms with Crippen LogP contribution in [0.25, 0.3) is 0 Å². The molecule has 0 aromatic heterocycles. The van der Waals surface area contributed by atoms with Crippen molar-refractivity contribution in [2.45, 2.75) is 25.8 Å². The lowest BCUT2D eigenvalue weighted by Crippen LogP contribution is -2.51. The van der Waals surface area contributed by atoms with Gasteiger partial charge in [0, 0.05) is 18.7 Å². The molecule has 2 rings (SSSR count). The monoisotopic (exact) mass is 272 g/mol. The summed E-state index contributed by atoms with van der Waals surface area (Å²) in [6.45, 7) is 2.68. The summed E-state index contributed by atoms with van der Waals surface area (Å²) >= 11 is 0. The summed E-state index contributed by atoms with van der Waals surface area (Å²) in [6.07, 6.45) is 1.27. The van der Waals surface area contributed by atoms with Gasteiger partial charge in [-0.3, -0.25) is 4.79 Å². The molecule has 1 unspecified atom stereocenters. The largest absolute Gasteiger partial charge is 0.306 e. The Morgan fingerprint density at radius 1 is 1.32 bits per heavy atom. The molecule has 1 amide bonds. The highest BCUT2D eigenvalue weighted by Gasteiger charge is 2.32. The van der Waals surface area contributed by atoms with Gasteiger partial charge in [0.1, 0.15) is 11.5 Å². The third-order valence-electron chi connectivity index (χ3n) is 3.14. The first-order chi connectivity index (χ1) is 9.04. The van der Waals surface area contributed by atoms with Crippen molar-refractivity contribution in [1.29, 1.82) is 0 Å². The molecule has 3 nitrogen and oxygen atoms in total. The molecule has 1 fully saturated rings. The van der Waals surface area contributed by atoms with Crippen LogP contribution in [0.2, 0.25) is 0 Å². The minimum atomic E-state index is -1.05. The van der Waals surface area contributed by atoms with Gasteiger partial charge in [-0.05, 0) is 19.4 Å². The number of piperidine rings is 1. The molecule has 104 valence electrons. The van der Waals surface area contributed by atoms with Crippen molar-refractivity contribution in [1.82, 2.24) is 5.32 Å². The van der Waals surface area contributed by atoms with E-state index in [1.54, 1.807) is 0 Å². The molecule has 1 N–H and O–H groups in total. The highest BCUT2D eigenvalue weighted by atomic mass is 19.1. The van der Waals surface area contributed by atoms with Gasteiger partial charge in [0.15, 0.2) is 11.6 Å². The average Bonchev–Trinajstić information content (AvgIpc) is 2.32. The maximum Gasteiger partial charge on any atom is 0.244 e. The fraction of sp³-hybridized carbons (Fsp3) is 0.462. The summed E-state index contributed by atoms with van der Waals surface area (Å²) < 4.78 is 40.2. The molecule has 1 aromatic rings. The number of amides is 1. The number of anilines is 1. The normalized spacial score (nSPS) is 19.9. The van der Waals surface area contributed by atoms with E-state index in [2.05, 4.69) is 5.32 Å². The molecule has 1 aliphatic rings. The first-order valence-corrected chi connectivity index (χ1v) is 6.24. The molecular formula is C13H15F3N2O. The Bertz CT molecular complexity index is 468. The number of nitrogens with zero attached hydrogens (tertiary/aromatic N) is 1. The molecular weight excluding hydrogens is 257 g/mol. The van der Waals surface area contributed by atoms with E-state index in [-0.39, 0.29) is 12.5 Å². The summed E-state index contributed by atoms with van der Waals surface area (Å²) in [7, 11) is 0. The summed E-state index contributed by atoms with van der Waals surface area (Å²) in [4.78, 5) is 13.2. The number of hydrogen-bond donors (Lipinski definition) is 1. The summed E-state index contributed by atoms with van der Waals surface area (Å²) in [5.41, 5.74) is -0.464. The molecule has 0 aliphatic carbocycles. The molecule has 1 heterocycles. The zero-order chi connectivity index (χ0) is 14.0. The van der Waals surface area contributed by atoms with Gasteiger partial charge in [-0.2, -0.15) is 0 Å². The molecule has 0 spiro atoms. The van der Waals surface area contributed by atoms with Crippen molar-refractivity contribution in [2.24, 2.45) is 0 Å². The number of likely N-dealkylation sites (N-methyl/N-ethyl adjacent to an activating group) is 1. The lowest BCUT2D eigenvalue weighted by atomic mass is 10.0. The lowest BCUT2D eigenvalue weighted by molar-refractivity contribution is -0.121. The van der Waals surface area contributed by atoms with Crippen molar-refractivity contribution >= 4 is 11.6 Å². The number of hydrogen-bond acceptors (Lipinski definition) is 2. The smallest absolute Gasteiger partial charge is 0.244 e. The number of benzene rings is 1. The van der Waals surface area contributed by atoms with Crippen LogP contribution >= 0.6 is 0 Å². The van der Waals surface area contributed by atoms with Crippen LogP contribution in [-0.2, 0) is 4.79 Å². The number of nitrogens with one attached hydrogen (secondary N) is 1. The second kappa shape index (κ2) is 5.61. The van der Waals surface area contributed by atoms with E-state index in [1.807, 2.05) is 6.92 Å². The Hall–Kier alpha value is -1.56. The number of carbonyl (C=O) groups excluding carboxylic acids is 1. The molecule has 6 heteroatoms. The van der Waals surface area contributed by atoms with Gasteiger partial charge in [0.2, 0.25) is 5.91 Å². The summed E-state index contributed by atoms with van der Waals surface area (Å²) in [5.74, 6) is -3.48. The highest BCUT2D eigenvalue weighted by Crippen LogP contribution is 2.28. The van der Waals surface area contributed by atoms with E-state index in [4.69, 9.17) is 0 Å². The Labute approximate surface area is 109 Å². The third-order valence-corrected chi connectivity index (χ3v) is 3.14. The number of halogens is 3. The van der Waals surface area contributed by atoms with Crippen molar-refractivity contribution in [2.75, 3.05) is 18.0 Å². The predicted molar refractivity (Wildman–Crippen MR) is 65.4 cm³/mol. The van der Waals surface area contributed by atoms with E-state index in [1.165, 1.54) is 0 Å². The van der Waals surface area contributed by atoms with E-state index in [0.717, 1.165) is 4.90 Å². The Kier molecular flexibility index (Phi) is 4.09. The number of carbonyl (C=O) groups is 1. The van der Waals surface area contributed by atoms with Crippen molar-refractivity contribution < 1.29 is 18.0 Å². The van der Waals surface area contributed by atoms with Gasteiger partial charge in [-0.1, -0.05) is 6.92 Å². The Morgan fingerprint density at radius 2 is 1.95 bits per heavy atom.